The van der Waals surface area contributed by atoms with E-state index in [0.717, 1.165) is 16.8 Å². The molecule has 0 radical (unpaired) electrons. The van der Waals surface area contributed by atoms with E-state index < -0.39 is 5.95 Å². The van der Waals surface area contributed by atoms with E-state index >= 15 is 0 Å². The summed E-state index contributed by atoms with van der Waals surface area (Å²) < 4.78 is 14.3. The van der Waals surface area contributed by atoms with Crippen molar-refractivity contribution in [3.63, 3.8) is 0 Å². The van der Waals surface area contributed by atoms with E-state index in [0.29, 0.717) is 25.2 Å². The molecule has 2 amide bonds. The van der Waals surface area contributed by atoms with Gasteiger partial charge in [-0.2, -0.15) is 4.39 Å². The number of hydrogen-bond donors (Lipinski definition) is 1. The summed E-state index contributed by atoms with van der Waals surface area (Å²) in [4.78, 5) is 21.0. The van der Waals surface area contributed by atoms with E-state index in [9.17, 15) is 9.18 Å². The van der Waals surface area contributed by atoms with Gasteiger partial charge in [-0.15, -0.1) is 0 Å². The maximum Gasteiger partial charge on any atom is 0.318 e. The third-order valence-electron chi connectivity index (χ3n) is 5.82. The van der Waals surface area contributed by atoms with Crippen LogP contribution in [-0.4, -0.2) is 28.5 Å². The topological polar surface area (TPSA) is 48.5 Å². The van der Waals surface area contributed by atoms with Crippen molar-refractivity contribution in [1.29, 1.82) is 0 Å². The minimum Gasteiger partial charge on any atom is -0.365 e. The summed E-state index contributed by atoms with van der Waals surface area (Å²) in [5.74, 6) is -0.456. The number of pyridine rings is 1. The van der Waals surface area contributed by atoms with Crippen LogP contribution in [0.2, 0.25) is 0 Å². The van der Waals surface area contributed by atoms with Gasteiger partial charge in [0.2, 0.25) is 5.95 Å². The molecule has 0 unspecified atom stereocenters. The largest absolute Gasteiger partial charge is 0.365 e. The number of nitrogens with zero attached hydrogens (tertiary/aromatic N) is 3. The number of urea groups is 1. The van der Waals surface area contributed by atoms with E-state index in [-0.39, 0.29) is 18.1 Å². The monoisotopic (exact) mass is 418 g/mol. The molecule has 2 atom stereocenters. The van der Waals surface area contributed by atoms with Crippen molar-refractivity contribution in [2.45, 2.75) is 39.0 Å². The van der Waals surface area contributed by atoms with E-state index in [4.69, 9.17) is 0 Å². The second-order valence-electron chi connectivity index (χ2n) is 7.97. The molecule has 1 N–H and O–H groups in total. The van der Waals surface area contributed by atoms with Gasteiger partial charge in [-0.25, -0.2) is 9.78 Å². The first-order valence-corrected chi connectivity index (χ1v) is 10.6. The molecule has 2 aromatic carbocycles. The summed E-state index contributed by atoms with van der Waals surface area (Å²) in [5, 5.41) is 3.06. The van der Waals surface area contributed by atoms with Crippen molar-refractivity contribution >= 4 is 11.7 Å². The minimum absolute atomic E-state index is 0.0714. The number of rotatable bonds is 4. The average molecular weight is 419 g/mol. The van der Waals surface area contributed by atoms with Crippen LogP contribution in [0, 0.1) is 5.95 Å². The van der Waals surface area contributed by atoms with Crippen LogP contribution in [0.5, 0.6) is 0 Å². The smallest absolute Gasteiger partial charge is 0.318 e. The molecule has 0 bridgehead atoms. The van der Waals surface area contributed by atoms with E-state index in [1.54, 1.807) is 12.1 Å². The van der Waals surface area contributed by atoms with Gasteiger partial charge in [0.1, 0.15) is 0 Å². The van der Waals surface area contributed by atoms with Gasteiger partial charge in [0.05, 0.1) is 6.04 Å². The number of para-hydroxylation sites is 1. The van der Waals surface area contributed by atoms with Gasteiger partial charge >= 0.3 is 6.03 Å². The molecule has 0 saturated carbocycles. The van der Waals surface area contributed by atoms with Crippen LogP contribution in [0.15, 0.2) is 72.9 Å². The van der Waals surface area contributed by atoms with Crippen molar-refractivity contribution < 1.29 is 9.18 Å². The van der Waals surface area contributed by atoms with Crippen LogP contribution in [0.1, 0.15) is 36.6 Å². The Morgan fingerprint density at radius 3 is 2.58 bits per heavy atom. The lowest BCUT2D eigenvalue weighted by molar-refractivity contribution is 0.158. The lowest BCUT2D eigenvalue weighted by Gasteiger charge is -2.33. The third kappa shape index (κ3) is 4.53. The molecule has 3 aromatic rings. The third-order valence-corrected chi connectivity index (χ3v) is 5.82. The molecule has 5 nitrogen and oxygen atoms in total. The predicted molar refractivity (Wildman–Crippen MR) is 120 cm³/mol. The maximum atomic E-state index is 14.3. The molecule has 2 heterocycles. The molecule has 160 valence electrons. The number of nitrogens with one attached hydrogen (secondary N) is 1. The standard InChI is InChI=1S/C25H27FN4O/c1-18-16-29(17-21-11-8-14-27-24(21)26)23-13-7-6-12-22(23)19(2)30(18)25(31)28-15-20-9-4-3-5-10-20/h3-14,18-19H,15-17H2,1-2H3,(H,28,31)/t18-,19+/m1/s1. The lowest BCUT2D eigenvalue weighted by atomic mass is 10.0. The molecule has 0 spiro atoms. The number of fused-ring (bicyclic) bond motifs is 1. The summed E-state index contributed by atoms with van der Waals surface area (Å²) >= 11 is 0. The SMILES string of the molecule is C[C@@H]1CN(Cc2cccnc2F)c2ccccc2[C@H](C)N1C(=O)NCc1ccccc1. The van der Waals surface area contributed by atoms with E-state index in [1.165, 1.54) is 6.20 Å². The number of amides is 2. The molecule has 4 rings (SSSR count). The fraction of sp³-hybridized carbons (Fsp3) is 0.280. The molecule has 1 aromatic heterocycles. The van der Waals surface area contributed by atoms with Crippen molar-refractivity contribution in [2.24, 2.45) is 0 Å². The zero-order chi connectivity index (χ0) is 21.8. The number of carbonyl (C=O) groups excluding carboxylic acids is 1. The average Bonchev–Trinajstić information content (AvgIpc) is 2.89. The molecular weight excluding hydrogens is 391 g/mol. The fourth-order valence-corrected chi connectivity index (χ4v) is 4.30. The zero-order valence-corrected chi connectivity index (χ0v) is 17.8. The Morgan fingerprint density at radius 1 is 1.06 bits per heavy atom. The molecular formula is C25H27FN4O. The fourth-order valence-electron chi connectivity index (χ4n) is 4.30. The van der Waals surface area contributed by atoms with Gasteiger partial charge in [0, 0.05) is 43.1 Å². The Hall–Kier alpha value is -3.41. The number of carbonyl (C=O) groups is 1. The quantitative estimate of drug-likeness (QED) is 0.613. The first kappa shape index (κ1) is 20.8. The summed E-state index contributed by atoms with van der Waals surface area (Å²) in [7, 11) is 0. The van der Waals surface area contributed by atoms with Crippen LogP contribution >= 0.6 is 0 Å². The first-order valence-electron chi connectivity index (χ1n) is 10.6. The highest BCUT2D eigenvalue weighted by molar-refractivity contribution is 5.76. The number of hydrogen-bond acceptors (Lipinski definition) is 3. The molecule has 0 saturated heterocycles. The van der Waals surface area contributed by atoms with Gasteiger partial charge in [-0.05, 0) is 37.1 Å². The highest BCUT2D eigenvalue weighted by Gasteiger charge is 2.33. The Bertz CT molecular complexity index is 1040. The molecule has 0 aliphatic carbocycles. The van der Waals surface area contributed by atoms with Gasteiger partial charge in [0.25, 0.3) is 0 Å². The van der Waals surface area contributed by atoms with Crippen molar-refractivity contribution in [2.75, 3.05) is 11.4 Å². The van der Waals surface area contributed by atoms with Crippen LogP contribution in [0.3, 0.4) is 0 Å². The van der Waals surface area contributed by atoms with Crippen LogP contribution in [0.4, 0.5) is 14.9 Å². The minimum atomic E-state index is -0.456. The molecule has 31 heavy (non-hydrogen) atoms. The van der Waals surface area contributed by atoms with Gasteiger partial charge in [0.15, 0.2) is 0 Å². The van der Waals surface area contributed by atoms with Crippen LogP contribution in [0.25, 0.3) is 0 Å². The zero-order valence-electron chi connectivity index (χ0n) is 17.8. The highest BCUT2D eigenvalue weighted by Crippen LogP contribution is 2.36. The lowest BCUT2D eigenvalue weighted by Crippen LogP contribution is -2.48. The van der Waals surface area contributed by atoms with Gasteiger partial charge in [-0.1, -0.05) is 54.6 Å². The second kappa shape index (κ2) is 9.16. The normalized spacial score (nSPS) is 18.3. The second-order valence-corrected chi connectivity index (χ2v) is 7.97. The molecule has 1 aliphatic rings. The van der Waals surface area contributed by atoms with Crippen LogP contribution in [-0.2, 0) is 13.1 Å². The number of halogens is 1. The first-order chi connectivity index (χ1) is 15.0. The summed E-state index contributed by atoms with van der Waals surface area (Å²) in [5.41, 5.74) is 3.66. The van der Waals surface area contributed by atoms with Crippen molar-refractivity contribution in [3.8, 4) is 0 Å². The molecule has 6 heteroatoms. The summed E-state index contributed by atoms with van der Waals surface area (Å²) in [6, 6.07) is 21.1. The van der Waals surface area contributed by atoms with Crippen LogP contribution < -0.4 is 10.2 Å². The Morgan fingerprint density at radius 2 is 1.81 bits per heavy atom. The number of aromatic nitrogens is 1. The Kier molecular flexibility index (Phi) is 6.16. The number of benzene rings is 2. The van der Waals surface area contributed by atoms with Gasteiger partial charge < -0.3 is 15.1 Å². The van der Waals surface area contributed by atoms with Gasteiger partial charge in [-0.3, -0.25) is 0 Å². The predicted octanol–water partition coefficient (Wildman–Crippen LogP) is 4.90. The Labute approximate surface area is 182 Å². The van der Waals surface area contributed by atoms with E-state index in [1.807, 2.05) is 73.3 Å². The summed E-state index contributed by atoms with van der Waals surface area (Å²) in [6.45, 7) is 5.55. The number of anilines is 1. The molecule has 1 aliphatic heterocycles. The van der Waals surface area contributed by atoms with E-state index in [2.05, 4.69) is 15.2 Å². The van der Waals surface area contributed by atoms with Crippen molar-refractivity contribution in [1.82, 2.24) is 15.2 Å². The summed E-state index contributed by atoms with van der Waals surface area (Å²) in [6.07, 6.45) is 1.46. The Balaban J connectivity index is 1.59. The molecule has 0 fully saturated rings. The highest BCUT2D eigenvalue weighted by atomic mass is 19.1. The van der Waals surface area contributed by atoms with Crippen molar-refractivity contribution in [3.05, 3.63) is 95.6 Å². The maximum absolute atomic E-state index is 14.3.